The quantitative estimate of drug-likeness (QED) is 0.601. The Kier molecular flexibility index (Phi) is 8.87. The van der Waals surface area contributed by atoms with Crippen LogP contribution in [0.4, 0.5) is 0 Å². The van der Waals surface area contributed by atoms with Crippen LogP contribution in [0.5, 0.6) is 0 Å². The zero-order chi connectivity index (χ0) is 20.5. The van der Waals surface area contributed by atoms with Gasteiger partial charge in [0.2, 0.25) is 11.8 Å². The Balaban J connectivity index is 2.06. The molecule has 2 aromatic rings. The van der Waals surface area contributed by atoms with E-state index in [2.05, 4.69) is 5.32 Å². The Labute approximate surface area is 176 Å². The van der Waals surface area contributed by atoms with Crippen molar-refractivity contribution in [1.29, 1.82) is 0 Å². The van der Waals surface area contributed by atoms with Crippen LogP contribution in [-0.2, 0) is 16.1 Å². The Morgan fingerprint density at radius 2 is 1.82 bits per heavy atom. The Morgan fingerprint density at radius 1 is 1.14 bits per heavy atom. The molecule has 4 nitrogen and oxygen atoms in total. The van der Waals surface area contributed by atoms with E-state index in [0.29, 0.717) is 30.3 Å². The van der Waals surface area contributed by atoms with E-state index >= 15 is 0 Å². The molecule has 2 aromatic carbocycles. The maximum Gasteiger partial charge on any atom is 0.242 e. The van der Waals surface area contributed by atoms with Crippen molar-refractivity contribution in [3.05, 3.63) is 64.7 Å². The van der Waals surface area contributed by atoms with Crippen LogP contribution >= 0.6 is 23.4 Å². The van der Waals surface area contributed by atoms with Crippen LogP contribution in [0, 0.1) is 6.92 Å². The van der Waals surface area contributed by atoms with Crippen molar-refractivity contribution >= 4 is 35.2 Å². The summed E-state index contributed by atoms with van der Waals surface area (Å²) in [4.78, 5) is 28.1. The number of thioether (sulfide) groups is 1. The molecule has 2 rings (SSSR count). The average Bonchev–Trinajstić information content (AvgIpc) is 2.68. The lowest BCUT2D eigenvalue weighted by Crippen LogP contribution is -2.47. The number of hydrogen-bond acceptors (Lipinski definition) is 3. The summed E-state index contributed by atoms with van der Waals surface area (Å²) in [5.41, 5.74) is 2.16. The van der Waals surface area contributed by atoms with Crippen LogP contribution in [0.3, 0.4) is 0 Å². The SMILES string of the molecule is CCNC(=O)[C@@H](C)N(Cc1ccccc1C)C(=O)CCSc1ccc(Cl)cc1. The first-order valence-electron chi connectivity index (χ1n) is 9.42. The lowest BCUT2D eigenvalue weighted by Gasteiger charge is -2.29. The van der Waals surface area contributed by atoms with Gasteiger partial charge in [-0.15, -0.1) is 11.8 Å². The van der Waals surface area contributed by atoms with Gasteiger partial charge in [0.25, 0.3) is 0 Å². The number of aryl methyl sites for hydroxylation is 1. The average molecular weight is 419 g/mol. The minimum absolute atomic E-state index is 0.0246. The second kappa shape index (κ2) is 11.1. The van der Waals surface area contributed by atoms with Gasteiger partial charge in [-0.3, -0.25) is 9.59 Å². The van der Waals surface area contributed by atoms with Crippen LogP contribution in [0.15, 0.2) is 53.4 Å². The molecule has 28 heavy (non-hydrogen) atoms. The zero-order valence-electron chi connectivity index (χ0n) is 16.6. The number of likely N-dealkylation sites (N-methyl/N-ethyl adjacent to an activating group) is 1. The van der Waals surface area contributed by atoms with E-state index in [1.54, 1.807) is 23.6 Å². The highest BCUT2D eigenvalue weighted by molar-refractivity contribution is 7.99. The zero-order valence-corrected chi connectivity index (χ0v) is 18.1. The second-order valence-corrected chi connectivity index (χ2v) is 8.18. The van der Waals surface area contributed by atoms with Gasteiger partial charge in [-0.25, -0.2) is 0 Å². The van der Waals surface area contributed by atoms with Crippen LogP contribution < -0.4 is 5.32 Å². The van der Waals surface area contributed by atoms with E-state index in [4.69, 9.17) is 11.6 Å². The summed E-state index contributed by atoms with van der Waals surface area (Å²) in [7, 11) is 0. The minimum atomic E-state index is -0.521. The monoisotopic (exact) mass is 418 g/mol. The Bertz CT molecular complexity index is 795. The maximum atomic E-state index is 13.0. The topological polar surface area (TPSA) is 49.4 Å². The van der Waals surface area contributed by atoms with E-state index in [1.165, 1.54) is 0 Å². The molecule has 150 valence electrons. The summed E-state index contributed by atoms with van der Waals surface area (Å²) in [6.45, 7) is 6.65. The van der Waals surface area contributed by atoms with E-state index < -0.39 is 6.04 Å². The van der Waals surface area contributed by atoms with Gasteiger partial charge in [0, 0.05) is 35.2 Å². The molecule has 0 saturated heterocycles. The molecule has 0 aliphatic carbocycles. The molecule has 2 amide bonds. The van der Waals surface area contributed by atoms with Crippen molar-refractivity contribution in [3.63, 3.8) is 0 Å². The number of carbonyl (C=O) groups excluding carboxylic acids is 2. The summed E-state index contributed by atoms with van der Waals surface area (Å²) in [5.74, 6) is 0.491. The van der Waals surface area contributed by atoms with Crippen LogP contribution in [0.2, 0.25) is 5.02 Å². The first kappa shape index (κ1) is 22.3. The van der Waals surface area contributed by atoms with Gasteiger partial charge in [-0.2, -0.15) is 0 Å². The molecule has 1 N–H and O–H groups in total. The van der Waals surface area contributed by atoms with Crippen molar-refractivity contribution in [2.45, 2.75) is 44.7 Å². The number of nitrogens with zero attached hydrogens (tertiary/aromatic N) is 1. The highest BCUT2D eigenvalue weighted by Crippen LogP contribution is 2.22. The van der Waals surface area contributed by atoms with Gasteiger partial charge in [0.1, 0.15) is 6.04 Å². The Hall–Kier alpha value is -1.98. The first-order chi connectivity index (χ1) is 13.4. The molecule has 0 fully saturated rings. The normalized spacial score (nSPS) is 11.7. The molecule has 1 atom stereocenters. The van der Waals surface area contributed by atoms with Crippen molar-refractivity contribution in [2.24, 2.45) is 0 Å². The molecule has 0 bridgehead atoms. The molecule has 0 radical (unpaired) electrons. The highest BCUT2D eigenvalue weighted by Gasteiger charge is 2.25. The molecule has 0 aliphatic heterocycles. The van der Waals surface area contributed by atoms with Crippen molar-refractivity contribution in [3.8, 4) is 0 Å². The predicted molar refractivity (Wildman–Crippen MR) is 117 cm³/mol. The van der Waals surface area contributed by atoms with E-state index in [-0.39, 0.29) is 11.8 Å². The summed E-state index contributed by atoms with van der Waals surface area (Å²) in [6.07, 6.45) is 0.364. The molecule has 0 aromatic heterocycles. The van der Waals surface area contributed by atoms with Crippen LogP contribution in [-0.4, -0.2) is 35.1 Å². The molecule has 6 heteroatoms. The van der Waals surface area contributed by atoms with Crippen LogP contribution in [0.25, 0.3) is 0 Å². The fraction of sp³-hybridized carbons (Fsp3) is 0.364. The summed E-state index contributed by atoms with van der Waals surface area (Å²) in [6, 6.07) is 15.0. The number of benzene rings is 2. The van der Waals surface area contributed by atoms with Gasteiger partial charge in [-0.05, 0) is 56.2 Å². The van der Waals surface area contributed by atoms with E-state index in [1.807, 2.05) is 62.4 Å². The second-order valence-electron chi connectivity index (χ2n) is 6.57. The number of hydrogen-bond donors (Lipinski definition) is 1. The number of halogens is 1. The number of amides is 2. The Morgan fingerprint density at radius 3 is 2.46 bits per heavy atom. The molecular formula is C22H27ClN2O2S. The van der Waals surface area contributed by atoms with Gasteiger partial charge < -0.3 is 10.2 Å². The van der Waals surface area contributed by atoms with Crippen molar-refractivity contribution in [1.82, 2.24) is 10.2 Å². The lowest BCUT2D eigenvalue weighted by atomic mass is 10.1. The molecular weight excluding hydrogens is 392 g/mol. The molecule has 0 spiro atoms. The van der Waals surface area contributed by atoms with Gasteiger partial charge in [0.15, 0.2) is 0 Å². The van der Waals surface area contributed by atoms with Crippen molar-refractivity contribution < 1.29 is 9.59 Å². The molecule has 0 aliphatic rings. The molecule has 0 unspecified atom stereocenters. The third-order valence-corrected chi connectivity index (χ3v) is 5.78. The third-order valence-electron chi connectivity index (χ3n) is 4.52. The fourth-order valence-corrected chi connectivity index (χ4v) is 3.77. The minimum Gasteiger partial charge on any atom is -0.355 e. The highest BCUT2D eigenvalue weighted by atomic mass is 35.5. The largest absolute Gasteiger partial charge is 0.355 e. The van der Waals surface area contributed by atoms with E-state index in [9.17, 15) is 9.59 Å². The van der Waals surface area contributed by atoms with Gasteiger partial charge >= 0.3 is 0 Å². The summed E-state index contributed by atoms with van der Waals surface area (Å²) in [5, 5.41) is 3.51. The van der Waals surface area contributed by atoms with Crippen LogP contribution in [0.1, 0.15) is 31.4 Å². The van der Waals surface area contributed by atoms with Gasteiger partial charge in [0.05, 0.1) is 0 Å². The number of carbonyl (C=O) groups is 2. The number of rotatable bonds is 9. The van der Waals surface area contributed by atoms with E-state index in [0.717, 1.165) is 16.0 Å². The third kappa shape index (κ3) is 6.57. The standard InChI is InChI=1S/C22H27ClN2O2S/c1-4-24-22(27)17(3)25(15-18-8-6-5-7-16(18)2)21(26)13-14-28-20-11-9-19(23)10-12-20/h5-12,17H,4,13-15H2,1-3H3,(H,24,27)/t17-/m1/s1. The fourth-order valence-electron chi connectivity index (χ4n) is 2.81. The smallest absolute Gasteiger partial charge is 0.242 e. The summed E-state index contributed by atoms with van der Waals surface area (Å²) < 4.78 is 0. The lowest BCUT2D eigenvalue weighted by molar-refractivity contribution is -0.140. The molecule has 0 heterocycles. The maximum absolute atomic E-state index is 13.0. The number of nitrogens with one attached hydrogen (secondary N) is 1. The first-order valence-corrected chi connectivity index (χ1v) is 10.8. The summed E-state index contributed by atoms with van der Waals surface area (Å²) >= 11 is 7.52. The predicted octanol–water partition coefficient (Wildman–Crippen LogP) is 4.68. The van der Waals surface area contributed by atoms with Gasteiger partial charge in [-0.1, -0.05) is 35.9 Å². The molecule has 0 saturated carbocycles. The van der Waals surface area contributed by atoms with Crippen molar-refractivity contribution in [2.75, 3.05) is 12.3 Å².